The number of ether oxygens (including phenoxy) is 2. The van der Waals surface area contributed by atoms with Crippen LogP contribution >= 0.6 is 0 Å². The van der Waals surface area contributed by atoms with Crippen LogP contribution in [0.4, 0.5) is 10.5 Å². The Balaban J connectivity index is 1.76. The molecular weight excluding hydrogens is 358 g/mol. The summed E-state index contributed by atoms with van der Waals surface area (Å²) in [6, 6.07) is 4.04. The van der Waals surface area contributed by atoms with E-state index < -0.39 is 6.09 Å². The number of rotatable bonds is 5. The highest BCUT2D eigenvalue weighted by Crippen LogP contribution is 2.40. The number of aromatic nitrogens is 1. The standard InChI is InChI=1S/C21H27N3O4/c1-3-28-19-11-17-15(10-18(19)27-2)20(14-7-4-8-16(14)23-17)22-13-6-5-9-24(12-13)21(25)26/h10-11,13H,3-9,12H2,1-2H3,(H,22,23)(H,25,26)/t13-/m1/s1. The summed E-state index contributed by atoms with van der Waals surface area (Å²) in [5.41, 5.74) is 4.36. The molecule has 1 aromatic heterocycles. The number of methoxy groups -OCH3 is 1. The predicted molar refractivity (Wildman–Crippen MR) is 108 cm³/mol. The molecule has 7 nitrogen and oxygen atoms in total. The van der Waals surface area contributed by atoms with E-state index in [0.717, 1.165) is 54.4 Å². The molecule has 1 aliphatic heterocycles. The summed E-state index contributed by atoms with van der Waals surface area (Å²) < 4.78 is 11.3. The summed E-state index contributed by atoms with van der Waals surface area (Å²) in [7, 11) is 1.64. The number of hydrogen-bond acceptors (Lipinski definition) is 5. The van der Waals surface area contributed by atoms with E-state index in [1.807, 2.05) is 19.1 Å². The second-order valence-corrected chi connectivity index (χ2v) is 7.43. The lowest BCUT2D eigenvalue weighted by Crippen LogP contribution is -2.44. The summed E-state index contributed by atoms with van der Waals surface area (Å²) in [4.78, 5) is 17.8. The molecule has 0 bridgehead atoms. The van der Waals surface area contributed by atoms with Crippen LogP contribution in [0.2, 0.25) is 0 Å². The molecule has 150 valence electrons. The third kappa shape index (κ3) is 3.41. The van der Waals surface area contributed by atoms with Gasteiger partial charge in [0.15, 0.2) is 11.5 Å². The maximum absolute atomic E-state index is 11.4. The Labute approximate surface area is 164 Å². The van der Waals surface area contributed by atoms with Crippen LogP contribution in [-0.2, 0) is 12.8 Å². The van der Waals surface area contributed by atoms with Crippen molar-refractivity contribution < 1.29 is 19.4 Å². The average Bonchev–Trinajstić information content (AvgIpc) is 3.16. The van der Waals surface area contributed by atoms with Crippen LogP contribution in [0, 0.1) is 0 Å². The Kier molecular flexibility index (Phi) is 5.15. The van der Waals surface area contributed by atoms with Crippen LogP contribution in [-0.4, -0.2) is 53.9 Å². The number of nitrogens with zero attached hydrogens (tertiary/aromatic N) is 2. The normalized spacial score (nSPS) is 18.8. The van der Waals surface area contributed by atoms with Gasteiger partial charge < -0.3 is 24.8 Å². The SMILES string of the molecule is CCOc1cc2nc3c(c(N[C@@H]4CCCN(C(=O)O)C4)c2cc1OC)CCC3. The van der Waals surface area contributed by atoms with Gasteiger partial charge in [0.2, 0.25) is 0 Å². The smallest absolute Gasteiger partial charge is 0.407 e. The third-order valence-electron chi connectivity index (χ3n) is 5.64. The molecule has 1 atom stereocenters. The number of benzene rings is 1. The molecule has 1 aliphatic carbocycles. The van der Waals surface area contributed by atoms with Gasteiger partial charge in [-0.15, -0.1) is 0 Å². The minimum absolute atomic E-state index is 0.0951. The van der Waals surface area contributed by atoms with Crippen LogP contribution < -0.4 is 14.8 Å². The monoisotopic (exact) mass is 385 g/mol. The Bertz CT molecular complexity index is 899. The van der Waals surface area contributed by atoms with Crippen molar-refractivity contribution >= 4 is 22.7 Å². The largest absolute Gasteiger partial charge is 0.493 e. The van der Waals surface area contributed by atoms with E-state index in [1.165, 1.54) is 10.5 Å². The maximum Gasteiger partial charge on any atom is 0.407 e. The molecule has 1 fully saturated rings. The molecule has 0 unspecified atom stereocenters. The van der Waals surface area contributed by atoms with Crippen molar-refractivity contribution in [1.29, 1.82) is 0 Å². The maximum atomic E-state index is 11.4. The van der Waals surface area contributed by atoms with Gasteiger partial charge in [0.1, 0.15) is 0 Å². The molecule has 2 heterocycles. The molecule has 7 heteroatoms. The van der Waals surface area contributed by atoms with Gasteiger partial charge in [-0.2, -0.15) is 0 Å². The van der Waals surface area contributed by atoms with Crippen molar-refractivity contribution in [3.05, 3.63) is 23.4 Å². The molecular formula is C21H27N3O4. The number of aryl methyl sites for hydroxylation is 1. The topological polar surface area (TPSA) is 83.9 Å². The lowest BCUT2D eigenvalue weighted by Gasteiger charge is -2.32. The van der Waals surface area contributed by atoms with Gasteiger partial charge in [0, 0.05) is 42.0 Å². The fraction of sp³-hybridized carbons (Fsp3) is 0.524. The van der Waals surface area contributed by atoms with Gasteiger partial charge in [0.05, 0.1) is 19.2 Å². The minimum atomic E-state index is -0.848. The highest BCUT2D eigenvalue weighted by Gasteiger charge is 2.27. The van der Waals surface area contributed by atoms with E-state index in [0.29, 0.717) is 31.2 Å². The molecule has 0 saturated carbocycles. The third-order valence-corrected chi connectivity index (χ3v) is 5.64. The highest BCUT2D eigenvalue weighted by molar-refractivity contribution is 5.96. The van der Waals surface area contributed by atoms with Crippen molar-refractivity contribution in [3.8, 4) is 11.5 Å². The number of carboxylic acid groups (broad SMARTS) is 1. The van der Waals surface area contributed by atoms with Crippen molar-refractivity contribution in [3.63, 3.8) is 0 Å². The number of piperidine rings is 1. The lowest BCUT2D eigenvalue weighted by atomic mass is 10.0. The summed E-state index contributed by atoms with van der Waals surface area (Å²) in [6.07, 6.45) is 4.03. The van der Waals surface area contributed by atoms with Crippen LogP contribution in [0.15, 0.2) is 12.1 Å². The second kappa shape index (κ2) is 7.73. The number of pyridine rings is 1. The van der Waals surface area contributed by atoms with Crippen LogP contribution in [0.25, 0.3) is 10.9 Å². The molecule has 4 rings (SSSR count). The van der Waals surface area contributed by atoms with E-state index in [2.05, 4.69) is 5.32 Å². The number of amides is 1. The van der Waals surface area contributed by atoms with Gasteiger partial charge in [-0.1, -0.05) is 0 Å². The van der Waals surface area contributed by atoms with E-state index in [1.54, 1.807) is 7.11 Å². The molecule has 2 aliphatic rings. The fourth-order valence-corrected chi connectivity index (χ4v) is 4.34. The first kappa shape index (κ1) is 18.7. The molecule has 1 amide bonds. The number of hydrogen-bond donors (Lipinski definition) is 2. The van der Waals surface area contributed by atoms with Crippen LogP contribution in [0.5, 0.6) is 11.5 Å². The number of likely N-dealkylation sites (tertiary alicyclic amines) is 1. The Morgan fingerprint density at radius 3 is 2.93 bits per heavy atom. The number of anilines is 1. The van der Waals surface area contributed by atoms with E-state index in [-0.39, 0.29) is 6.04 Å². The Morgan fingerprint density at radius 1 is 1.32 bits per heavy atom. The number of carbonyl (C=O) groups is 1. The molecule has 1 saturated heterocycles. The minimum Gasteiger partial charge on any atom is -0.493 e. The van der Waals surface area contributed by atoms with E-state index in [9.17, 15) is 9.90 Å². The average molecular weight is 385 g/mol. The first-order valence-electron chi connectivity index (χ1n) is 10.0. The van der Waals surface area contributed by atoms with Crippen LogP contribution in [0.3, 0.4) is 0 Å². The molecule has 1 aromatic carbocycles. The van der Waals surface area contributed by atoms with Gasteiger partial charge in [-0.25, -0.2) is 4.79 Å². The van der Waals surface area contributed by atoms with Gasteiger partial charge in [-0.05, 0) is 50.7 Å². The van der Waals surface area contributed by atoms with Crippen molar-refractivity contribution in [1.82, 2.24) is 9.88 Å². The van der Waals surface area contributed by atoms with E-state index >= 15 is 0 Å². The zero-order chi connectivity index (χ0) is 19.7. The first-order chi connectivity index (χ1) is 13.6. The van der Waals surface area contributed by atoms with Crippen molar-refractivity contribution in [2.75, 3.05) is 32.1 Å². The fourth-order valence-electron chi connectivity index (χ4n) is 4.34. The summed E-state index contributed by atoms with van der Waals surface area (Å²) in [5.74, 6) is 1.39. The lowest BCUT2D eigenvalue weighted by molar-refractivity contribution is 0.133. The zero-order valence-corrected chi connectivity index (χ0v) is 16.5. The van der Waals surface area contributed by atoms with Gasteiger partial charge in [-0.3, -0.25) is 4.98 Å². The number of fused-ring (bicyclic) bond motifs is 2. The highest BCUT2D eigenvalue weighted by atomic mass is 16.5. The van der Waals surface area contributed by atoms with Gasteiger partial charge in [0.25, 0.3) is 0 Å². The molecule has 28 heavy (non-hydrogen) atoms. The predicted octanol–water partition coefficient (Wildman–Crippen LogP) is 3.69. The van der Waals surface area contributed by atoms with Crippen molar-refractivity contribution in [2.24, 2.45) is 0 Å². The quantitative estimate of drug-likeness (QED) is 0.817. The van der Waals surface area contributed by atoms with Crippen molar-refractivity contribution in [2.45, 2.75) is 45.1 Å². The summed E-state index contributed by atoms with van der Waals surface area (Å²) >= 11 is 0. The Hall–Kier alpha value is -2.70. The zero-order valence-electron chi connectivity index (χ0n) is 16.5. The second-order valence-electron chi connectivity index (χ2n) is 7.43. The summed E-state index contributed by atoms with van der Waals surface area (Å²) in [6.45, 7) is 3.62. The number of nitrogens with one attached hydrogen (secondary N) is 1. The molecule has 0 spiro atoms. The van der Waals surface area contributed by atoms with Crippen LogP contribution in [0.1, 0.15) is 37.4 Å². The molecule has 2 aromatic rings. The first-order valence-corrected chi connectivity index (χ1v) is 10.0. The van der Waals surface area contributed by atoms with Gasteiger partial charge >= 0.3 is 6.09 Å². The summed E-state index contributed by atoms with van der Waals surface area (Å²) in [5, 5.41) is 14.0. The molecule has 2 N–H and O–H groups in total. The van der Waals surface area contributed by atoms with E-state index in [4.69, 9.17) is 14.5 Å². The molecule has 0 radical (unpaired) electrons. The Morgan fingerprint density at radius 2 is 2.18 bits per heavy atom.